The minimum absolute atomic E-state index is 0. The molecule has 0 heterocycles. The summed E-state index contributed by atoms with van der Waals surface area (Å²) < 4.78 is 0. The molecule has 0 N–H and O–H groups in total. The molecule has 0 rings (SSSR count). The molecule has 0 aliphatic carbocycles. The monoisotopic (exact) mass is 162 g/mol. The number of rotatable bonds is 0. The molecule has 0 fully saturated rings. The van der Waals surface area contributed by atoms with Gasteiger partial charge in [-0.25, -0.2) is 0 Å². The van der Waals surface area contributed by atoms with Gasteiger partial charge in [-0.05, 0) is 0 Å². The van der Waals surface area contributed by atoms with Crippen molar-refractivity contribution in [1.29, 1.82) is 5.26 Å². The minimum Gasteiger partial charge on any atom is 0 e. The van der Waals surface area contributed by atoms with Crippen LogP contribution in [0.1, 0.15) is 0 Å². The molecule has 0 saturated carbocycles. The van der Waals surface area contributed by atoms with Crippen molar-refractivity contribution in [2.24, 2.45) is 0 Å². The van der Waals surface area contributed by atoms with Gasteiger partial charge in [0.25, 0.3) is 0 Å². The molecule has 0 aliphatic heterocycles. The smallest absolute Gasteiger partial charge is 0 e. The Labute approximate surface area is 43.7 Å². The Bertz CT molecular complexity index is 29.5. The third-order valence-corrected chi connectivity index (χ3v) is 0. The predicted octanol–water partition coefficient (Wildman–Crippen LogP) is -0.634. The molecule has 0 aromatic carbocycles. The van der Waals surface area contributed by atoms with Crippen molar-refractivity contribution in [2.45, 2.75) is 0 Å². The first-order valence-electron chi connectivity index (χ1n) is 0.447. The summed E-state index contributed by atoms with van der Waals surface area (Å²) in [5.74, 6) is 0. The van der Waals surface area contributed by atoms with E-state index in [1.165, 1.54) is 0 Å². The Morgan fingerprint density at radius 2 is 1.75 bits per heavy atom. The van der Waals surface area contributed by atoms with Gasteiger partial charge in [0, 0.05) is 17.1 Å². The summed E-state index contributed by atoms with van der Waals surface area (Å²) in [6.45, 7) is 0. The van der Waals surface area contributed by atoms with Crippen LogP contribution in [0.25, 0.3) is 0 Å². The fourth-order valence-corrected chi connectivity index (χ4v) is 0. The first kappa shape index (κ1) is 8.82. The fraction of sp³-hybridized carbons (Fsp3) is 0. The maximum atomic E-state index is 7.29. The molecule has 3 heteroatoms. The predicted molar refractivity (Wildman–Crippen MR) is 12.8 cm³/mol. The van der Waals surface area contributed by atoms with E-state index in [1.54, 1.807) is 21.0 Å². The van der Waals surface area contributed by atoms with E-state index in [1.807, 2.05) is 0 Å². The molecule has 23 valence electrons. The zero-order chi connectivity index (χ0) is 2.71. The SMILES string of the molecule is N#C[SeH].[Mn]. The van der Waals surface area contributed by atoms with E-state index in [9.17, 15) is 0 Å². The van der Waals surface area contributed by atoms with Gasteiger partial charge in [-0.3, -0.25) is 0 Å². The summed E-state index contributed by atoms with van der Waals surface area (Å²) in [4.78, 5) is 1.69. The average molecular weight is 161 g/mol. The van der Waals surface area contributed by atoms with Crippen molar-refractivity contribution in [3.05, 3.63) is 0 Å². The van der Waals surface area contributed by atoms with Crippen LogP contribution in [0.3, 0.4) is 0 Å². The number of hydrogen-bond acceptors (Lipinski definition) is 1. The molecular weight excluding hydrogens is 160 g/mol. The summed E-state index contributed by atoms with van der Waals surface area (Å²) in [6, 6.07) is 0. The Morgan fingerprint density at radius 1 is 1.75 bits per heavy atom. The van der Waals surface area contributed by atoms with Gasteiger partial charge < -0.3 is 0 Å². The second-order valence-corrected chi connectivity index (χ2v) is 0.520. The van der Waals surface area contributed by atoms with Crippen LogP contribution in [0.2, 0.25) is 0 Å². The van der Waals surface area contributed by atoms with Crippen LogP contribution >= 0.6 is 0 Å². The Kier molecular flexibility index (Phi) is 21.3. The second-order valence-electron chi connectivity index (χ2n) is 0.100. The topological polar surface area (TPSA) is 23.8 Å². The van der Waals surface area contributed by atoms with E-state index in [0.29, 0.717) is 0 Å². The molecule has 0 unspecified atom stereocenters. The molecule has 0 atom stereocenters. The standard InChI is InChI=1S/CHNSe.Mn/c2-1-3;/h3H;. The van der Waals surface area contributed by atoms with Crippen LogP contribution in [-0.2, 0) is 17.1 Å². The van der Waals surface area contributed by atoms with E-state index in [0.717, 1.165) is 0 Å². The van der Waals surface area contributed by atoms with Crippen molar-refractivity contribution in [1.82, 2.24) is 0 Å². The molecule has 0 spiro atoms. The molecule has 0 saturated heterocycles. The van der Waals surface area contributed by atoms with Crippen molar-refractivity contribution >= 4 is 16.0 Å². The van der Waals surface area contributed by atoms with Crippen LogP contribution in [-0.4, -0.2) is 16.0 Å². The molecular formula is CHMnNSe. The van der Waals surface area contributed by atoms with Crippen LogP contribution in [0.4, 0.5) is 0 Å². The van der Waals surface area contributed by atoms with Gasteiger partial charge in [0.2, 0.25) is 0 Å². The zero-order valence-electron chi connectivity index (χ0n) is 1.77. The van der Waals surface area contributed by atoms with E-state index in [-0.39, 0.29) is 17.1 Å². The third kappa shape index (κ3) is 21.1. The first-order valence-corrected chi connectivity index (χ1v) is 1.39. The van der Waals surface area contributed by atoms with Crippen molar-refractivity contribution < 1.29 is 17.1 Å². The molecule has 0 aromatic heterocycles. The normalized spacial score (nSPS) is 2.00. The molecule has 0 amide bonds. The van der Waals surface area contributed by atoms with E-state index >= 15 is 0 Å². The Morgan fingerprint density at radius 3 is 1.75 bits per heavy atom. The first-order chi connectivity index (χ1) is 1.41. The Hall–Kier alpha value is 0.529. The van der Waals surface area contributed by atoms with E-state index in [4.69, 9.17) is 5.26 Å². The minimum atomic E-state index is 0. The molecule has 1 radical (unpaired) electrons. The van der Waals surface area contributed by atoms with Crippen LogP contribution < -0.4 is 0 Å². The van der Waals surface area contributed by atoms with Gasteiger partial charge in [-0.1, -0.05) is 0 Å². The van der Waals surface area contributed by atoms with Gasteiger partial charge in [-0.15, -0.1) is 0 Å². The van der Waals surface area contributed by atoms with Crippen molar-refractivity contribution in [3.8, 4) is 4.97 Å². The van der Waals surface area contributed by atoms with Crippen molar-refractivity contribution in [3.63, 3.8) is 0 Å². The molecule has 0 aromatic rings. The van der Waals surface area contributed by atoms with Gasteiger partial charge in [0.1, 0.15) is 0 Å². The second kappa shape index (κ2) is 9.65. The number of hydrogen-bond donors (Lipinski definition) is 0. The maximum absolute atomic E-state index is 7.29. The van der Waals surface area contributed by atoms with Crippen LogP contribution in [0, 0.1) is 10.2 Å². The summed E-state index contributed by atoms with van der Waals surface area (Å²) in [7, 11) is 0. The molecule has 0 aliphatic rings. The van der Waals surface area contributed by atoms with E-state index in [2.05, 4.69) is 0 Å². The summed E-state index contributed by atoms with van der Waals surface area (Å²) >= 11 is 1.77. The molecule has 4 heavy (non-hydrogen) atoms. The van der Waals surface area contributed by atoms with Crippen LogP contribution in [0.5, 0.6) is 0 Å². The van der Waals surface area contributed by atoms with Gasteiger partial charge in [0.05, 0.1) is 0 Å². The number of nitrogens with zero attached hydrogens (tertiary/aromatic N) is 1. The number of nitriles is 1. The zero-order valence-corrected chi connectivity index (χ0v) is 4.83. The van der Waals surface area contributed by atoms with Crippen LogP contribution in [0.15, 0.2) is 0 Å². The van der Waals surface area contributed by atoms with Gasteiger partial charge in [-0.2, -0.15) is 0 Å². The van der Waals surface area contributed by atoms with Gasteiger partial charge in [0.15, 0.2) is 0 Å². The largest absolute Gasteiger partial charge is 0 e. The van der Waals surface area contributed by atoms with Crippen molar-refractivity contribution in [2.75, 3.05) is 0 Å². The maximum Gasteiger partial charge on any atom is 0 e. The Balaban J connectivity index is 0. The summed E-state index contributed by atoms with van der Waals surface area (Å²) in [5.41, 5.74) is 0. The summed E-state index contributed by atoms with van der Waals surface area (Å²) in [6.07, 6.45) is 0. The summed E-state index contributed by atoms with van der Waals surface area (Å²) in [5, 5.41) is 7.29. The molecule has 0 bridgehead atoms. The quantitative estimate of drug-likeness (QED) is 0.433. The van der Waals surface area contributed by atoms with Gasteiger partial charge >= 0.3 is 26.2 Å². The third-order valence-electron chi connectivity index (χ3n) is 0. The average Bonchev–Trinajstić information content (AvgIpc) is 0.918. The molecule has 1 nitrogen and oxygen atoms in total. The fourth-order valence-electron chi connectivity index (χ4n) is 0. The van der Waals surface area contributed by atoms with E-state index < -0.39 is 0 Å².